The molecule has 0 saturated carbocycles. The van der Waals surface area contributed by atoms with E-state index in [0.29, 0.717) is 36.8 Å². The normalized spacial score (nSPS) is 18.9. The van der Waals surface area contributed by atoms with Crippen LogP contribution >= 0.6 is 0 Å². The van der Waals surface area contributed by atoms with E-state index < -0.39 is 58.8 Å². The van der Waals surface area contributed by atoms with Gasteiger partial charge in [-0.1, -0.05) is 135 Å². The van der Waals surface area contributed by atoms with Gasteiger partial charge in [0.05, 0.1) is 6.42 Å². The molecule has 2 N–H and O–H groups in total. The van der Waals surface area contributed by atoms with Crippen LogP contribution in [0.3, 0.4) is 0 Å². The molecule has 2 atom stereocenters. The summed E-state index contributed by atoms with van der Waals surface area (Å²) in [6.07, 6.45) is 28.5. The second kappa shape index (κ2) is 31.6. The van der Waals surface area contributed by atoms with Gasteiger partial charge in [0.1, 0.15) is 23.5 Å². The summed E-state index contributed by atoms with van der Waals surface area (Å²) in [5.74, 6) is -2.55. The number of carbonyl (C=O) groups is 8. The number of ether oxygens (including phenoxy) is 4. The highest BCUT2D eigenvalue weighted by Gasteiger charge is 2.41. The first-order valence-electron chi connectivity index (χ1n) is 27.1. The second-order valence-electron chi connectivity index (χ2n) is 23.5. The number of carbonyl (C=O) groups excluding carboxylic acids is 8. The average Bonchev–Trinajstić information content (AvgIpc) is 3.31. The van der Waals surface area contributed by atoms with Crippen molar-refractivity contribution in [2.75, 3.05) is 13.1 Å². The number of amides is 2. The lowest BCUT2D eigenvalue weighted by Crippen LogP contribution is -2.43. The molecule has 2 aliphatic carbocycles. The predicted molar refractivity (Wildman–Crippen MR) is 308 cm³/mol. The molecule has 2 rings (SSSR count). The molecule has 428 valence electrons. The maximum Gasteiger partial charge on any atom is 0.326 e. The molecule has 0 spiro atoms. The van der Waals surface area contributed by atoms with E-state index >= 15 is 0 Å². The zero-order valence-electron chi connectivity index (χ0n) is 49.6. The summed E-state index contributed by atoms with van der Waals surface area (Å²) in [5.41, 5.74) is 4.83. The zero-order valence-corrected chi connectivity index (χ0v) is 49.6. The van der Waals surface area contributed by atoms with Gasteiger partial charge in [0.25, 0.3) is 0 Å². The van der Waals surface area contributed by atoms with Crippen molar-refractivity contribution in [3.05, 3.63) is 130 Å². The SMILES string of the molecule is CC1=C(/C=C/C(C)=C/C=C/C(C)=C/C=C/C=C(C)/C=C/C=C(C)/C=C/C2=C(C)C(=O)[C@@H](OC(=O)CNC(=O)NCCCC(=O)OC(C)(C)C)CC2(C)C)C(C)(C)C[C@H](OC(=O)CCC(=O)CCCCC(=O)OC(C)(C)C)C1=O. The molecule has 2 aliphatic rings. The highest BCUT2D eigenvalue weighted by Crippen LogP contribution is 2.42. The van der Waals surface area contributed by atoms with E-state index in [1.165, 1.54) is 0 Å². The number of rotatable bonds is 26. The maximum absolute atomic E-state index is 13.4. The molecule has 0 fully saturated rings. The minimum Gasteiger partial charge on any atom is -0.460 e. The number of nitrogens with one attached hydrogen (secondary N) is 2. The smallest absolute Gasteiger partial charge is 0.326 e. The van der Waals surface area contributed by atoms with Crippen molar-refractivity contribution in [3.8, 4) is 0 Å². The third kappa shape index (κ3) is 26.6. The van der Waals surface area contributed by atoms with Gasteiger partial charge in [0.15, 0.2) is 23.8 Å². The molecule has 0 bridgehead atoms. The number of Topliss-reactive ketones (excluding diaryl/α,β-unsaturated/α-hetero) is 3. The Morgan fingerprint density at radius 2 is 0.910 bits per heavy atom. The molecule has 0 aromatic heterocycles. The van der Waals surface area contributed by atoms with Gasteiger partial charge in [-0.3, -0.25) is 33.6 Å². The van der Waals surface area contributed by atoms with Crippen molar-refractivity contribution in [2.24, 2.45) is 10.8 Å². The van der Waals surface area contributed by atoms with Crippen LogP contribution in [0.2, 0.25) is 0 Å². The van der Waals surface area contributed by atoms with Crippen molar-refractivity contribution < 1.29 is 57.3 Å². The fraction of sp³-hybridized carbons (Fsp3) is 0.531. The topological polar surface area (TPSA) is 198 Å². The van der Waals surface area contributed by atoms with Crippen LogP contribution in [0.5, 0.6) is 0 Å². The van der Waals surface area contributed by atoms with Crippen molar-refractivity contribution in [2.45, 2.75) is 198 Å². The molecule has 0 radical (unpaired) electrons. The minimum absolute atomic E-state index is 0.0247. The third-order valence-corrected chi connectivity index (χ3v) is 12.6. The fourth-order valence-corrected chi connectivity index (χ4v) is 8.57. The second-order valence-corrected chi connectivity index (χ2v) is 23.5. The fourth-order valence-electron chi connectivity index (χ4n) is 8.57. The number of esters is 4. The Balaban J connectivity index is 1.87. The van der Waals surface area contributed by atoms with Gasteiger partial charge < -0.3 is 29.6 Å². The maximum atomic E-state index is 13.4. The lowest BCUT2D eigenvalue weighted by atomic mass is 9.71. The van der Waals surface area contributed by atoms with Crippen molar-refractivity contribution >= 4 is 47.3 Å². The van der Waals surface area contributed by atoms with Crippen LogP contribution in [0.4, 0.5) is 4.79 Å². The van der Waals surface area contributed by atoms with Gasteiger partial charge in [-0.25, -0.2) is 4.79 Å². The highest BCUT2D eigenvalue weighted by molar-refractivity contribution is 6.02. The average molecular weight is 1080 g/mol. The number of hydrogen-bond donors (Lipinski definition) is 2. The highest BCUT2D eigenvalue weighted by atomic mass is 16.6. The van der Waals surface area contributed by atoms with E-state index in [-0.39, 0.29) is 74.4 Å². The monoisotopic (exact) mass is 1080 g/mol. The Kier molecular flexibility index (Phi) is 27.3. The first kappa shape index (κ1) is 67.4. The summed E-state index contributed by atoms with van der Waals surface area (Å²) in [4.78, 5) is 100. The number of ketones is 3. The largest absolute Gasteiger partial charge is 0.460 e. The number of hydrogen-bond acceptors (Lipinski definition) is 12. The van der Waals surface area contributed by atoms with Crippen LogP contribution in [-0.2, 0) is 52.5 Å². The van der Waals surface area contributed by atoms with Gasteiger partial charge in [0, 0.05) is 45.1 Å². The Labute approximate surface area is 465 Å². The van der Waals surface area contributed by atoms with Crippen LogP contribution < -0.4 is 10.6 Å². The van der Waals surface area contributed by atoms with E-state index in [4.69, 9.17) is 18.9 Å². The Morgan fingerprint density at radius 1 is 0.513 bits per heavy atom. The molecule has 0 aromatic rings. The molecule has 14 nitrogen and oxygen atoms in total. The molecular formula is C64H90N2O12. The summed E-state index contributed by atoms with van der Waals surface area (Å²) in [6, 6.07) is -0.586. The molecule has 0 saturated heterocycles. The van der Waals surface area contributed by atoms with E-state index in [0.717, 1.165) is 33.4 Å². The number of allylic oxidation sites excluding steroid dienone is 20. The standard InChI is InChI=1S/C64H90N2O12/c1-43(26-21-28-45(3)33-36-50-47(5)58(72)52(40-63(50,13)14)75-54(68)38-35-49(67)30-19-20-31-55(69)77-61(7,8)9)24-17-18-25-44(2)27-22-29-46(4)34-37-51-48(6)59(73)53(41-64(51,15)16)76-57(71)42-66-60(74)65-39-23-32-56(70)78-62(10,11)12/h17-18,21-22,24-29,33-34,36-37,52-53H,19-20,23,30-32,35,38-42H2,1-16H3,(H2,65,66,74)/b18-17+,26-21+,27-22+,36-33+,37-34+,43-24+,44-25+,45-28+,46-29+/t52-,53-/m0/s1. The van der Waals surface area contributed by atoms with Crippen LogP contribution in [0.25, 0.3) is 0 Å². The van der Waals surface area contributed by atoms with E-state index in [9.17, 15) is 38.4 Å². The minimum atomic E-state index is -0.970. The number of unbranched alkanes of at least 4 members (excludes halogenated alkanes) is 1. The van der Waals surface area contributed by atoms with Crippen LogP contribution in [0.1, 0.15) is 175 Å². The first-order chi connectivity index (χ1) is 36.2. The Morgan fingerprint density at radius 3 is 1.36 bits per heavy atom. The quantitative estimate of drug-likeness (QED) is 0.0360. The first-order valence-corrected chi connectivity index (χ1v) is 27.1. The third-order valence-electron chi connectivity index (χ3n) is 12.6. The molecule has 0 aromatic carbocycles. The summed E-state index contributed by atoms with van der Waals surface area (Å²) in [7, 11) is 0. The molecular weight excluding hydrogens is 989 g/mol. The Bertz CT molecular complexity index is 2380. The van der Waals surface area contributed by atoms with Gasteiger partial charge >= 0.3 is 29.9 Å². The van der Waals surface area contributed by atoms with E-state index in [1.807, 2.05) is 140 Å². The predicted octanol–water partition coefficient (Wildman–Crippen LogP) is 12.7. The van der Waals surface area contributed by atoms with Crippen molar-refractivity contribution in [1.82, 2.24) is 10.6 Å². The lowest BCUT2D eigenvalue weighted by Gasteiger charge is -2.36. The van der Waals surface area contributed by atoms with Crippen LogP contribution in [-0.4, -0.2) is 83.8 Å². The van der Waals surface area contributed by atoms with Gasteiger partial charge in [-0.15, -0.1) is 0 Å². The molecule has 14 heteroatoms. The van der Waals surface area contributed by atoms with Crippen molar-refractivity contribution in [3.63, 3.8) is 0 Å². The summed E-state index contributed by atoms with van der Waals surface area (Å²) in [6.45, 7) is 30.1. The summed E-state index contributed by atoms with van der Waals surface area (Å²) in [5, 5.41) is 5.03. The van der Waals surface area contributed by atoms with E-state index in [1.54, 1.807) is 55.4 Å². The molecule has 2 amide bonds. The molecule has 78 heavy (non-hydrogen) atoms. The zero-order chi connectivity index (χ0) is 59.0. The molecule has 0 unspecified atom stereocenters. The summed E-state index contributed by atoms with van der Waals surface area (Å²) >= 11 is 0. The lowest BCUT2D eigenvalue weighted by molar-refractivity contribution is -0.156. The van der Waals surface area contributed by atoms with Crippen molar-refractivity contribution in [1.29, 1.82) is 0 Å². The summed E-state index contributed by atoms with van der Waals surface area (Å²) < 4.78 is 21.7. The molecule has 0 aliphatic heterocycles. The number of urea groups is 1. The Hall–Kier alpha value is -6.70. The van der Waals surface area contributed by atoms with Crippen LogP contribution in [0, 0.1) is 10.8 Å². The van der Waals surface area contributed by atoms with Gasteiger partial charge in [-0.05, 0) is 135 Å². The van der Waals surface area contributed by atoms with E-state index in [2.05, 4.69) is 10.6 Å². The van der Waals surface area contributed by atoms with Gasteiger partial charge in [0.2, 0.25) is 0 Å². The van der Waals surface area contributed by atoms with Gasteiger partial charge in [-0.2, -0.15) is 0 Å². The van der Waals surface area contributed by atoms with Crippen LogP contribution in [0.15, 0.2) is 130 Å². The molecule has 0 heterocycles.